The minimum Gasteiger partial charge on any atom is -0.307 e. The molecule has 0 N–H and O–H groups in total. The van der Waals surface area contributed by atoms with Crippen LogP contribution in [0.5, 0.6) is 0 Å². The van der Waals surface area contributed by atoms with E-state index in [1.54, 1.807) is 0 Å². The highest BCUT2D eigenvalue weighted by molar-refractivity contribution is 6.16. The lowest BCUT2D eigenvalue weighted by Crippen LogP contribution is -2.48. The highest BCUT2D eigenvalue weighted by Crippen LogP contribution is 2.38. The fourth-order valence-corrected chi connectivity index (χ4v) is 3.99. The second-order valence-corrected chi connectivity index (χ2v) is 6.36. The van der Waals surface area contributed by atoms with Crippen molar-refractivity contribution in [1.82, 2.24) is 19.4 Å². The molecule has 1 unspecified atom stereocenters. The van der Waals surface area contributed by atoms with Crippen molar-refractivity contribution >= 4 is 22.8 Å². The maximum atomic E-state index is 6.14. The van der Waals surface area contributed by atoms with Gasteiger partial charge < -0.3 is 9.47 Å². The average Bonchev–Trinajstić information content (AvgIpc) is 2.85. The third-order valence-electron chi connectivity index (χ3n) is 4.81. The van der Waals surface area contributed by atoms with Crippen LogP contribution in [0.2, 0.25) is 0 Å². The Hall–Kier alpha value is -1.13. The molecule has 0 aliphatic carbocycles. The summed E-state index contributed by atoms with van der Waals surface area (Å²) < 4.78 is 2.32. The number of rotatable bonds is 2. The van der Waals surface area contributed by atoms with Crippen molar-refractivity contribution in [3.8, 4) is 0 Å². The van der Waals surface area contributed by atoms with E-state index >= 15 is 0 Å². The first-order valence-corrected chi connectivity index (χ1v) is 7.91. The summed E-state index contributed by atoms with van der Waals surface area (Å²) in [7, 11) is 0. The summed E-state index contributed by atoms with van der Waals surface area (Å²) in [6, 6.07) is 2.60. The normalized spacial score (nSPS) is 29.2. The molecule has 5 heterocycles. The van der Waals surface area contributed by atoms with Crippen LogP contribution in [0.15, 0.2) is 12.3 Å². The van der Waals surface area contributed by atoms with Gasteiger partial charge in [0.1, 0.15) is 11.3 Å². The third-order valence-corrected chi connectivity index (χ3v) is 5.05. The van der Waals surface area contributed by atoms with Crippen LogP contribution in [0.4, 0.5) is 0 Å². The molecule has 2 aromatic rings. The number of hydrogen-bond acceptors (Lipinski definition) is 3. The minimum atomic E-state index is 0.457. The number of hydrogen-bond donors (Lipinski definition) is 0. The molecule has 0 saturated carbocycles. The molecule has 3 aliphatic rings. The third kappa shape index (κ3) is 1.85. The van der Waals surface area contributed by atoms with Crippen LogP contribution in [-0.2, 0) is 5.88 Å². The lowest BCUT2D eigenvalue weighted by atomic mass is 9.84. The summed E-state index contributed by atoms with van der Waals surface area (Å²) in [6.07, 6.45) is 4.51. The Morgan fingerprint density at radius 3 is 2.80 bits per heavy atom. The monoisotopic (exact) mass is 290 g/mol. The van der Waals surface area contributed by atoms with Gasteiger partial charge in [-0.05, 0) is 50.4 Å². The van der Waals surface area contributed by atoms with E-state index in [2.05, 4.69) is 27.4 Å². The van der Waals surface area contributed by atoms with Crippen molar-refractivity contribution in [1.29, 1.82) is 0 Å². The zero-order valence-corrected chi connectivity index (χ0v) is 12.5. The van der Waals surface area contributed by atoms with Gasteiger partial charge in [-0.1, -0.05) is 0 Å². The Morgan fingerprint density at radius 2 is 2.15 bits per heavy atom. The molecule has 4 nitrogen and oxygen atoms in total. The number of aromatic nitrogens is 3. The van der Waals surface area contributed by atoms with Gasteiger partial charge in [0.05, 0.1) is 11.9 Å². The minimum absolute atomic E-state index is 0.457. The predicted molar refractivity (Wildman–Crippen MR) is 80.0 cm³/mol. The van der Waals surface area contributed by atoms with Gasteiger partial charge in [-0.3, -0.25) is 0 Å². The maximum Gasteiger partial charge on any atom is 0.160 e. The molecule has 106 valence electrons. The first-order chi connectivity index (χ1) is 9.76. The molecule has 0 radical (unpaired) electrons. The molecule has 20 heavy (non-hydrogen) atoms. The fourth-order valence-electron chi connectivity index (χ4n) is 3.80. The van der Waals surface area contributed by atoms with E-state index in [0.29, 0.717) is 11.9 Å². The first kappa shape index (κ1) is 12.6. The van der Waals surface area contributed by atoms with Crippen molar-refractivity contribution in [2.24, 2.45) is 5.92 Å². The average molecular weight is 291 g/mol. The lowest BCUT2D eigenvalue weighted by molar-refractivity contribution is 0.0576. The molecule has 3 saturated heterocycles. The second kappa shape index (κ2) is 4.71. The molecule has 0 spiro atoms. The molecule has 3 fully saturated rings. The topological polar surface area (TPSA) is 34.0 Å². The Bertz CT molecular complexity index is 643. The molecule has 2 aromatic heterocycles. The van der Waals surface area contributed by atoms with E-state index in [-0.39, 0.29) is 0 Å². The van der Waals surface area contributed by atoms with E-state index in [0.717, 1.165) is 35.0 Å². The molecule has 0 aromatic carbocycles. The molecule has 2 bridgehead atoms. The van der Waals surface area contributed by atoms with Crippen LogP contribution in [0, 0.1) is 12.8 Å². The molecular formula is C15H19ClN4. The number of nitrogens with zero attached hydrogens (tertiary/aromatic N) is 4. The van der Waals surface area contributed by atoms with E-state index in [1.807, 2.05) is 6.20 Å². The van der Waals surface area contributed by atoms with Crippen molar-refractivity contribution in [3.63, 3.8) is 0 Å². The smallest absolute Gasteiger partial charge is 0.160 e. The van der Waals surface area contributed by atoms with Crippen molar-refractivity contribution in [3.05, 3.63) is 23.7 Å². The van der Waals surface area contributed by atoms with Gasteiger partial charge in [-0.15, -0.1) is 11.6 Å². The van der Waals surface area contributed by atoms with Gasteiger partial charge in [-0.25, -0.2) is 9.97 Å². The van der Waals surface area contributed by atoms with Crippen LogP contribution in [-0.4, -0.2) is 39.1 Å². The molecule has 3 aliphatic heterocycles. The van der Waals surface area contributed by atoms with Gasteiger partial charge in [0.25, 0.3) is 0 Å². The van der Waals surface area contributed by atoms with Crippen molar-refractivity contribution < 1.29 is 0 Å². The van der Waals surface area contributed by atoms with E-state index in [9.17, 15) is 0 Å². The molecule has 5 rings (SSSR count). The zero-order chi connectivity index (χ0) is 13.7. The Labute approximate surface area is 123 Å². The van der Waals surface area contributed by atoms with Crippen LogP contribution in [0.25, 0.3) is 11.2 Å². The Morgan fingerprint density at radius 1 is 1.35 bits per heavy atom. The summed E-state index contributed by atoms with van der Waals surface area (Å²) in [5.74, 6) is 2.18. The highest BCUT2D eigenvalue weighted by atomic mass is 35.5. The first-order valence-electron chi connectivity index (χ1n) is 7.38. The van der Waals surface area contributed by atoms with Gasteiger partial charge in [0.2, 0.25) is 0 Å². The lowest BCUT2D eigenvalue weighted by Gasteiger charge is -2.45. The largest absolute Gasteiger partial charge is 0.307 e. The Kier molecular flexibility index (Phi) is 2.97. The van der Waals surface area contributed by atoms with Gasteiger partial charge in [-0.2, -0.15) is 0 Å². The number of halogens is 1. The number of aryl methyl sites for hydroxylation is 1. The fraction of sp³-hybridized carbons (Fsp3) is 0.600. The number of fused-ring (bicyclic) bond motifs is 4. The molecule has 0 amide bonds. The molecule has 5 heteroatoms. The summed E-state index contributed by atoms with van der Waals surface area (Å²) in [5.41, 5.74) is 3.14. The number of imidazole rings is 1. The van der Waals surface area contributed by atoms with Crippen LogP contribution >= 0.6 is 11.6 Å². The van der Waals surface area contributed by atoms with Crippen molar-refractivity contribution in [2.45, 2.75) is 31.7 Å². The van der Waals surface area contributed by atoms with Gasteiger partial charge >= 0.3 is 0 Å². The number of alkyl halides is 1. The second-order valence-electron chi connectivity index (χ2n) is 6.09. The van der Waals surface area contributed by atoms with Gasteiger partial charge in [0.15, 0.2) is 5.65 Å². The number of pyridine rings is 1. The predicted octanol–water partition coefficient (Wildman–Crippen LogP) is 2.75. The summed E-state index contributed by atoms with van der Waals surface area (Å²) in [5, 5.41) is 0. The number of piperidine rings is 3. The maximum absolute atomic E-state index is 6.14. The molecular weight excluding hydrogens is 272 g/mol. The van der Waals surface area contributed by atoms with Crippen LogP contribution in [0.1, 0.15) is 30.3 Å². The summed E-state index contributed by atoms with van der Waals surface area (Å²) in [6.45, 7) is 5.67. The van der Waals surface area contributed by atoms with Crippen LogP contribution < -0.4 is 0 Å². The SMILES string of the molecule is Cc1cnc2c(c1)nc(CCl)n2C1CN2CCC1CC2. The van der Waals surface area contributed by atoms with E-state index in [1.165, 1.54) is 25.9 Å². The van der Waals surface area contributed by atoms with E-state index < -0.39 is 0 Å². The summed E-state index contributed by atoms with van der Waals surface area (Å²) >= 11 is 6.14. The van der Waals surface area contributed by atoms with E-state index in [4.69, 9.17) is 16.6 Å². The zero-order valence-electron chi connectivity index (χ0n) is 11.7. The van der Waals surface area contributed by atoms with Crippen molar-refractivity contribution in [2.75, 3.05) is 19.6 Å². The highest BCUT2D eigenvalue weighted by Gasteiger charge is 2.37. The summed E-state index contributed by atoms with van der Waals surface area (Å²) in [4.78, 5) is 11.9. The standard InChI is InChI=1S/C15H19ClN4/c1-10-6-12-15(17-8-10)20(14(7-16)18-12)13-9-19-4-2-11(13)3-5-19/h6,8,11,13H,2-5,7,9H2,1H3. The molecule has 1 atom stereocenters. The Balaban J connectivity index is 1.85. The van der Waals surface area contributed by atoms with Gasteiger partial charge in [0, 0.05) is 12.7 Å². The quantitative estimate of drug-likeness (QED) is 0.798. The van der Waals surface area contributed by atoms with Crippen LogP contribution in [0.3, 0.4) is 0 Å².